The average molecular weight is 589 g/mol. The lowest BCUT2D eigenvalue weighted by molar-refractivity contribution is -0.119. The Hall–Kier alpha value is -2.15. The molecule has 2 aromatic carbocycles. The first-order valence-corrected chi connectivity index (χ1v) is 15.3. The van der Waals surface area contributed by atoms with Gasteiger partial charge in [-0.1, -0.05) is 22.4 Å². The van der Waals surface area contributed by atoms with E-state index in [0.717, 1.165) is 39.9 Å². The lowest BCUT2D eigenvalue weighted by Crippen LogP contribution is -2.41. The number of nitrogens with one attached hydrogen (secondary N) is 1. The van der Waals surface area contributed by atoms with Crippen molar-refractivity contribution in [2.75, 3.05) is 43.3 Å². The maximum absolute atomic E-state index is 12.7. The summed E-state index contributed by atoms with van der Waals surface area (Å²) >= 11 is 3.38. The van der Waals surface area contributed by atoms with Crippen LogP contribution in [-0.4, -0.2) is 66.1 Å². The van der Waals surface area contributed by atoms with Crippen LogP contribution in [0.4, 0.5) is 5.69 Å². The Morgan fingerprint density at radius 1 is 1.06 bits per heavy atom. The minimum absolute atomic E-state index is 0.139. The maximum atomic E-state index is 12.7. The Balaban J connectivity index is 1.50. The molecule has 2 aromatic rings. The maximum Gasteiger partial charge on any atom is 0.243 e. The van der Waals surface area contributed by atoms with Crippen molar-refractivity contribution in [1.29, 1.82) is 0 Å². The SMILES string of the molecule is Cc1cc(N(CC(=O)NCCOc2ccc(S(=O)(=O)N3CCCCC3)cc2)S(C)(=O)=O)ccc1Br. The number of aryl methyl sites for hydroxylation is 1. The van der Waals surface area contributed by atoms with Gasteiger partial charge in [-0.15, -0.1) is 0 Å². The number of carbonyl (C=O) groups is 1. The van der Waals surface area contributed by atoms with Crippen LogP contribution in [0.3, 0.4) is 0 Å². The van der Waals surface area contributed by atoms with Crippen LogP contribution in [0.1, 0.15) is 24.8 Å². The molecule has 1 saturated heterocycles. The number of carbonyl (C=O) groups excluding carboxylic acids is 1. The molecule has 1 aliphatic rings. The van der Waals surface area contributed by atoms with Gasteiger partial charge in [0.1, 0.15) is 18.9 Å². The third-order valence-corrected chi connectivity index (χ3v) is 9.53. The molecule has 1 heterocycles. The topological polar surface area (TPSA) is 113 Å². The van der Waals surface area contributed by atoms with E-state index in [1.807, 2.05) is 6.92 Å². The predicted octanol–water partition coefficient (Wildman–Crippen LogP) is 2.89. The number of piperidine rings is 1. The highest BCUT2D eigenvalue weighted by Gasteiger charge is 2.26. The van der Waals surface area contributed by atoms with Gasteiger partial charge in [-0.2, -0.15) is 4.31 Å². The van der Waals surface area contributed by atoms with Gasteiger partial charge in [0.2, 0.25) is 26.0 Å². The van der Waals surface area contributed by atoms with E-state index in [9.17, 15) is 21.6 Å². The normalized spacial score (nSPS) is 14.9. The van der Waals surface area contributed by atoms with Gasteiger partial charge in [-0.25, -0.2) is 16.8 Å². The molecule has 192 valence electrons. The van der Waals surface area contributed by atoms with Crippen LogP contribution in [0.25, 0.3) is 0 Å². The minimum Gasteiger partial charge on any atom is -0.492 e. The molecule has 35 heavy (non-hydrogen) atoms. The van der Waals surface area contributed by atoms with Gasteiger partial charge in [0.25, 0.3) is 0 Å². The van der Waals surface area contributed by atoms with Gasteiger partial charge < -0.3 is 10.1 Å². The van der Waals surface area contributed by atoms with E-state index >= 15 is 0 Å². The number of anilines is 1. The molecule has 1 N–H and O–H groups in total. The zero-order chi connectivity index (χ0) is 25.6. The van der Waals surface area contributed by atoms with Crippen molar-refractivity contribution in [2.45, 2.75) is 31.1 Å². The number of amides is 1. The molecule has 0 bridgehead atoms. The number of halogens is 1. The third kappa shape index (κ3) is 7.42. The van der Waals surface area contributed by atoms with Gasteiger partial charge >= 0.3 is 0 Å². The van der Waals surface area contributed by atoms with Crippen molar-refractivity contribution in [1.82, 2.24) is 9.62 Å². The van der Waals surface area contributed by atoms with Gasteiger partial charge in [-0.3, -0.25) is 9.10 Å². The summed E-state index contributed by atoms with van der Waals surface area (Å²) in [7, 11) is -7.17. The molecule has 0 saturated carbocycles. The Morgan fingerprint density at radius 3 is 2.31 bits per heavy atom. The van der Waals surface area contributed by atoms with E-state index in [1.54, 1.807) is 30.3 Å². The molecule has 1 amide bonds. The van der Waals surface area contributed by atoms with Crippen LogP contribution in [0.2, 0.25) is 0 Å². The van der Waals surface area contributed by atoms with Crippen molar-refractivity contribution >= 4 is 47.6 Å². The van der Waals surface area contributed by atoms with Gasteiger partial charge in [0.05, 0.1) is 23.4 Å². The number of rotatable bonds is 10. The molecule has 12 heteroatoms. The van der Waals surface area contributed by atoms with Crippen molar-refractivity contribution in [3.8, 4) is 5.75 Å². The molecule has 3 rings (SSSR count). The van der Waals surface area contributed by atoms with Crippen LogP contribution in [0.15, 0.2) is 51.8 Å². The number of hydrogen-bond donors (Lipinski definition) is 1. The molecule has 0 spiro atoms. The Morgan fingerprint density at radius 2 is 1.71 bits per heavy atom. The zero-order valence-electron chi connectivity index (χ0n) is 19.7. The fourth-order valence-electron chi connectivity index (χ4n) is 3.69. The predicted molar refractivity (Wildman–Crippen MR) is 139 cm³/mol. The highest BCUT2D eigenvalue weighted by Crippen LogP contribution is 2.25. The average Bonchev–Trinajstić information content (AvgIpc) is 2.82. The highest BCUT2D eigenvalue weighted by atomic mass is 79.9. The largest absolute Gasteiger partial charge is 0.492 e. The second-order valence-corrected chi connectivity index (χ2v) is 13.0. The number of ether oxygens (including phenoxy) is 1. The van der Waals surface area contributed by atoms with Crippen LogP contribution >= 0.6 is 15.9 Å². The second kappa shape index (κ2) is 11.7. The summed E-state index contributed by atoms with van der Waals surface area (Å²) in [6, 6.07) is 11.3. The fourth-order valence-corrected chi connectivity index (χ4v) is 6.30. The fraction of sp³-hybridized carbons (Fsp3) is 0.435. The van der Waals surface area contributed by atoms with Crippen molar-refractivity contribution in [2.24, 2.45) is 0 Å². The van der Waals surface area contributed by atoms with Gasteiger partial charge in [0, 0.05) is 17.6 Å². The quantitative estimate of drug-likeness (QED) is 0.428. The molecular weight excluding hydrogens is 558 g/mol. The first kappa shape index (κ1) is 27.4. The van der Waals surface area contributed by atoms with Crippen molar-refractivity contribution in [3.63, 3.8) is 0 Å². The summed E-state index contributed by atoms with van der Waals surface area (Å²) in [5.41, 5.74) is 1.25. The lowest BCUT2D eigenvalue weighted by Gasteiger charge is -2.25. The Kier molecular flexibility index (Phi) is 9.19. The van der Waals surface area contributed by atoms with Crippen molar-refractivity contribution < 1.29 is 26.4 Å². The molecular formula is C23H30BrN3O6S2. The van der Waals surface area contributed by atoms with Crippen LogP contribution < -0.4 is 14.4 Å². The summed E-state index contributed by atoms with van der Waals surface area (Å²) in [6.07, 6.45) is 3.84. The van der Waals surface area contributed by atoms with E-state index in [0.29, 0.717) is 24.5 Å². The smallest absolute Gasteiger partial charge is 0.243 e. The third-order valence-electron chi connectivity index (χ3n) is 5.59. The number of benzene rings is 2. The minimum atomic E-state index is -3.67. The van der Waals surface area contributed by atoms with Gasteiger partial charge in [0.15, 0.2) is 0 Å². The molecule has 1 aliphatic heterocycles. The van der Waals surface area contributed by atoms with Crippen molar-refractivity contribution in [3.05, 3.63) is 52.5 Å². The lowest BCUT2D eigenvalue weighted by atomic mass is 10.2. The molecule has 0 aliphatic carbocycles. The summed E-state index contributed by atoms with van der Waals surface area (Å²) in [6.45, 7) is 2.85. The summed E-state index contributed by atoms with van der Waals surface area (Å²) < 4.78 is 58.9. The monoisotopic (exact) mass is 587 g/mol. The van der Waals surface area contributed by atoms with E-state index < -0.39 is 26.0 Å². The zero-order valence-corrected chi connectivity index (χ0v) is 23.0. The Labute approximate surface area is 215 Å². The molecule has 1 fully saturated rings. The van der Waals surface area contributed by atoms with Crippen LogP contribution in [0, 0.1) is 6.92 Å². The van der Waals surface area contributed by atoms with E-state index in [2.05, 4.69) is 21.2 Å². The number of hydrogen-bond acceptors (Lipinski definition) is 6. The number of sulfonamides is 2. The first-order valence-electron chi connectivity index (χ1n) is 11.2. The molecule has 0 aromatic heterocycles. The Bertz CT molecular complexity index is 1240. The standard InChI is InChI=1S/C23H30BrN3O6S2/c1-18-16-19(6-11-22(18)24)27(34(2,29)30)17-23(28)25-12-15-33-20-7-9-21(10-8-20)35(31,32)26-13-4-3-5-14-26/h6-11,16H,3-5,12-15,17H2,1-2H3,(H,25,28). The van der Waals surface area contributed by atoms with E-state index in [-0.39, 0.29) is 24.6 Å². The molecule has 0 atom stereocenters. The highest BCUT2D eigenvalue weighted by molar-refractivity contribution is 9.10. The van der Waals surface area contributed by atoms with E-state index in [4.69, 9.17) is 4.74 Å². The second-order valence-electron chi connectivity index (χ2n) is 8.34. The number of nitrogens with zero attached hydrogens (tertiary/aromatic N) is 2. The summed E-state index contributed by atoms with van der Waals surface area (Å²) in [5.74, 6) is 0.00233. The molecule has 0 radical (unpaired) electrons. The summed E-state index contributed by atoms with van der Waals surface area (Å²) in [5, 5.41) is 2.65. The van der Waals surface area contributed by atoms with Crippen LogP contribution in [0.5, 0.6) is 5.75 Å². The van der Waals surface area contributed by atoms with Gasteiger partial charge in [-0.05, 0) is 67.8 Å². The first-order chi connectivity index (χ1) is 16.5. The summed E-state index contributed by atoms with van der Waals surface area (Å²) in [4.78, 5) is 12.6. The molecule has 9 nitrogen and oxygen atoms in total. The van der Waals surface area contributed by atoms with E-state index in [1.165, 1.54) is 16.4 Å². The van der Waals surface area contributed by atoms with Crippen LogP contribution in [-0.2, 0) is 24.8 Å². The molecule has 0 unspecified atom stereocenters.